The predicted molar refractivity (Wildman–Crippen MR) is 71.8 cm³/mol. The lowest BCUT2D eigenvalue weighted by molar-refractivity contribution is 0.122. The Morgan fingerprint density at radius 1 is 1.16 bits per heavy atom. The Labute approximate surface area is 111 Å². The molecule has 5 nitrogen and oxygen atoms in total. The maximum Gasteiger partial charge on any atom is 0.219 e. The monoisotopic (exact) mass is 257 g/mol. The van der Waals surface area contributed by atoms with Crippen LogP contribution in [0.4, 0.5) is 5.82 Å². The second kappa shape index (κ2) is 4.35. The molecule has 0 unspecified atom stereocenters. The molecule has 98 valence electrons. The molecule has 0 saturated carbocycles. The zero-order valence-electron chi connectivity index (χ0n) is 10.6. The van der Waals surface area contributed by atoms with E-state index in [1.54, 1.807) is 0 Å². The lowest BCUT2D eigenvalue weighted by Crippen LogP contribution is -2.37. The second-order valence-corrected chi connectivity index (χ2v) is 4.82. The van der Waals surface area contributed by atoms with Gasteiger partial charge in [0, 0.05) is 36.7 Å². The van der Waals surface area contributed by atoms with Crippen molar-refractivity contribution in [1.82, 2.24) is 9.97 Å². The molecule has 2 aliphatic rings. The normalized spacial score (nSPS) is 18.4. The Bertz CT molecular complexity index is 623. The van der Waals surface area contributed by atoms with Gasteiger partial charge in [0.05, 0.1) is 19.8 Å². The molecule has 0 aliphatic carbocycles. The van der Waals surface area contributed by atoms with Crippen LogP contribution in [0.5, 0.6) is 5.88 Å². The fourth-order valence-electron chi connectivity index (χ4n) is 2.77. The van der Waals surface area contributed by atoms with Crippen LogP contribution in [0.1, 0.15) is 5.56 Å². The second-order valence-electron chi connectivity index (χ2n) is 4.82. The Balaban J connectivity index is 1.92. The summed E-state index contributed by atoms with van der Waals surface area (Å²) in [5.74, 6) is 1.71. The molecule has 19 heavy (non-hydrogen) atoms. The largest absolute Gasteiger partial charge is 0.477 e. The molecule has 4 rings (SSSR count). The van der Waals surface area contributed by atoms with E-state index >= 15 is 0 Å². The van der Waals surface area contributed by atoms with Crippen LogP contribution < -0.4 is 9.64 Å². The fourth-order valence-corrected chi connectivity index (χ4v) is 2.77. The van der Waals surface area contributed by atoms with Crippen molar-refractivity contribution < 1.29 is 9.47 Å². The number of hydrogen-bond donors (Lipinski definition) is 0. The van der Waals surface area contributed by atoms with Gasteiger partial charge in [0.25, 0.3) is 0 Å². The van der Waals surface area contributed by atoms with E-state index < -0.39 is 0 Å². The van der Waals surface area contributed by atoms with E-state index in [2.05, 4.69) is 16.0 Å². The SMILES string of the molecule is c1cnc2c(N3CCOCC3)nc3c(c2c1)CCO3. The Morgan fingerprint density at radius 3 is 2.95 bits per heavy atom. The molecule has 0 bridgehead atoms. The van der Waals surface area contributed by atoms with Crippen molar-refractivity contribution in [2.45, 2.75) is 6.42 Å². The lowest BCUT2D eigenvalue weighted by Gasteiger charge is -2.28. The molecule has 2 aromatic rings. The molecular formula is C14H15N3O2. The van der Waals surface area contributed by atoms with Crippen LogP contribution in [-0.4, -0.2) is 42.9 Å². The van der Waals surface area contributed by atoms with Gasteiger partial charge in [-0.3, -0.25) is 4.98 Å². The van der Waals surface area contributed by atoms with Crippen LogP contribution >= 0.6 is 0 Å². The molecule has 0 spiro atoms. The first-order valence-electron chi connectivity index (χ1n) is 6.66. The summed E-state index contributed by atoms with van der Waals surface area (Å²) in [6.45, 7) is 3.93. The average molecular weight is 257 g/mol. The lowest BCUT2D eigenvalue weighted by atomic mass is 10.1. The highest BCUT2D eigenvalue weighted by atomic mass is 16.5. The Kier molecular flexibility index (Phi) is 2.51. The van der Waals surface area contributed by atoms with Crippen molar-refractivity contribution in [1.29, 1.82) is 0 Å². The van der Waals surface area contributed by atoms with Crippen molar-refractivity contribution in [3.8, 4) is 5.88 Å². The first-order valence-corrected chi connectivity index (χ1v) is 6.66. The summed E-state index contributed by atoms with van der Waals surface area (Å²) in [6.07, 6.45) is 2.75. The number of pyridine rings is 2. The third kappa shape index (κ3) is 1.73. The zero-order valence-corrected chi connectivity index (χ0v) is 10.6. The van der Waals surface area contributed by atoms with Gasteiger partial charge in [0.2, 0.25) is 5.88 Å². The van der Waals surface area contributed by atoms with Crippen LogP contribution in [0.3, 0.4) is 0 Å². The molecule has 0 amide bonds. The zero-order chi connectivity index (χ0) is 12.7. The molecule has 4 heterocycles. The third-order valence-electron chi connectivity index (χ3n) is 3.71. The molecule has 0 N–H and O–H groups in total. The summed E-state index contributed by atoms with van der Waals surface area (Å²) in [6, 6.07) is 4.09. The maximum atomic E-state index is 5.64. The molecule has 1 fully saturated rings. The van der Waals surface area contributed by atoms with Gasteiger partial charge in [-0.2, -0.15) is 4.98 Å². The van der Waals surface area contributed by atoms with Gasteiger partial charge in [-0.05, 0) is 6.07 Å². The van der Waals surface area contributed by atoms with Crippen LogP contribution in [0, 0.1) is 0 Å². The fraction of sp³-hybridized carbons (Fsp3) is 0.429. The minimum Gasteiger partial charge on any atom is -0.477 e. The summed E-state index contributed by atoms with van der Waals surface area (Å²) in [4.78, 5) is 11.5. The summed E-state index contributed by atoms with van der Waals surface area (Å²) in [5, 5.41) is 1.17. The maximum absolute atomic E-state index is 5.64. The summed E-state index contributed by atoms with van der Waals surface area (Å²) >= 11 is 0. The minimum atomic E-state index is 0.721. The highest BCUT2D eigenvalue weighted by Gasteiger charge is 2.23. The first kappa shape index (κ1) is 11.0. The van der Waals surface area contributed by atoms with E-state index in [0.29, 0.717) is 0 Å². The standard InChI is InChI=1S/C14H15N3O2/c1-2-10-11-3-7-19-14(11)16-13(12(10)15-4-1)17-5-8-18-9-6-17/h1-2,4H,3,5-9H2. The summed E-state index contributed by atoms with van der Waals surface area (Å²) in [7, 11) is 0. The van der Waals surface area contributed by atoms with Gasteiger partial charge in [0.1, 0.15) is 5.52 Å². The van der Waals surface area contributed by atoms with Crippen LogP contribution in [0.15, 0.2) is 18.3 Å². The highest BCUT2D eigenvalue weighted by Crippen LogP contribution is 2.35. The van der Waals surface area contributed by atoms with Crippen molar-refractivity contribution in [3.63, 3.8) is 0 Å². The molecule has 2 aromatic heterocycles. The van der Waals surface area contributed by atoms with E-state index in [4.69, 9.17) is 14.5 Å². The van der Waals surface area contributed by atoms with E-state index in [9.17, 15) is 0 Å². The van der Waals surface area contributed by atoms with E-state index in [-0.39, 0.29) is 0 Å². The van der Waals surface area contributed by atoms with E-state index in [1.807, 2.05) is 12.3 Å². The van der Waals surface area contributed by atoms with Crippen molar-refractivity contribution in [3.05, 3.63) is 23.9 Å². The molecule has 2 aliphatic heterocycles. The van der Waals surface area contributed by atoms with Crippen LogP contribution in [0.2, 0.25) is 0 Å². The molecular weight excluding hydrogens is 242 g/mol. The van der Waals surface area contributed by atoms with Gasteiger partial charge in [0.15, 0.2) is 5.82 Å². The number of morpholine rings is 1. The van der Waals surface area contributed by atoms with Crippen LogP contribution in [0.25, 0.3) is 10.9 Å². The van der Waals surface area contributed by atoms with Gasteiger partial charge in [-0.15, -0.1) is 0 Å². The van der Waals surface area contributed by atoms with Crippen molar-refractivity contribution in [2.24, 2.45) is 0 Å². The minimum absolute atomic E-state index is 0.721. The molecule has 5 heteroatoms. The number of ether oxygens (including phenoxy) is 2. The van der Waals surface area contributed by atoms with Gasteiger partial charge < -0.3 is 14.4 Å². The van der Waals surface area contributed by atoms with Gasteiger partial charge in [-0.1, -0.05) is 6.07 Å². The van der Waals surface area contributed by atoms with Crippen molar-refractivity contribution in [2.75, 3.05) is 37.8 Å². The average Bonchev–Trinajstić information content (AvgIpc) is 2.96. The molecule has 1 saturated heterocycles. The third-order valence-corrected chi connectivity index (χ3v) is 3.71. The molecule has 0 aromatic carbocycles. The highest BCUT2D eigenvalue weighted by molar-refractivity contribution is 5.92. The Morgan fingerprint density at radius 2 is 2.05 bits per heavy atom. The number of aromatic nitrogens is 2. The summed E-state index contributed by atoms with van der Waals surface area (Å²) < 4.78 is 11.0. The quantitative estimate of drug-likeness (QED) is 0.773. The smallest absolute Gasteiger partial charge is 0.219 e. The number of hydrogen-bond acceptors (Lipinski definition) is 5. The first-order chi connectivity index (χ1) is 9.43. The topological polar surface area (TPSA) is 47.5 Å². The number of nitrogens with zero attached hydrogens (tertiary/aromatic N) is 3. The number of rotatable bonds is 1. The summed E-state index contributed by atoms with van der Waals surface area (Å²) in [5.41, 5.74) is 2.17. The van der Waals surface area contributed by atoms with Crippen molar-refractivity contribution >= 4 is 16.7 Å². The molecule has 0 radical (unpaired) electrons. The molecule has 0 atom stereocenters. The number of fused-ring (bicyclic) bond motifs is 3. The van der Waals surface area contributed by atoms with E-state index in [0.717, 1.165) is 56.5 Å². The van der Waals surface area contributed by atoms with Gasteiger partial charge >= 0.3 is 0 Å². The Hall–Kier alpha value is -1.88. The van der Waals surface area contributed by atoms with Crippen LogP contribution in [-0.2, 0) is 11.2 Å². The predicted octanol–water partition coefficient (Wildman–Crippen LogP) is 1.40. The van der Waals surface area contributed by atoms with E-state index in [1.165, 1.54) is 10.9 Å². The number of anilines is 1. The van der Waals surface area contributed by atoms with Gasteiger partial charge in [-0.25, -0.2) is 0 Å².